The van der Waals surface area contributed by atoms with Crippen LogP contribution < -0.4 is 5.73 Å². The molecule has 0 atom stereocenters. The Labute approximate surface area is 144 Å². The molecule has 0 spiro atoms. The number of hydrogen-bond donors (Lipinski definition) is 1. The van der Waals surface area contributed by atoms with Gasteiger partial charge in [0.05, 0.1) is 5.69 Å². The molecule has 2 N–H and O–H groups in total. The number of rotatable bonds is 6. The highest BCUT2D eigenvalue weighted by Gasteiger charge is 2.26. The molecular formula is C18H30N4O2. The molecule has 6 nitrogen and oxygen atoms in total. The minimum atomic E-state index is -0.245. The lowest BCUT2D eigenvalue weighted by Gasteiger charge is -2.30. The Balaban J connectivity index is 1.90. The quantitative estimate of drug-likeness (QED) is 0.861. The molecule has 1 aromatic rings. The first-order valence-corrected chi connectivity index (χ1v) is 8.89. The van der Waals surface area contributed by atoms with E-state index < -0.39 is 0 Å². The molecule has 0 radical (unpaired) electrons. The van der Waals surface area contributed by atoms with E-state index in [9.17, 15) is 9.59 Å². The minimum Gasteiger partial charge on any atom is -0.369 e. The zero-order chi connectivity index (χ0) is 17.9. The summed E-state index contributed by atoms with van der Waals surface area (Å²) in [5.74, 6) is 0.385. The normalized spacial score (nSPS) is 16.0. The summed E-state index contributed by atoms with van der Waals surface area (Å²) < 4.78 is 2.05. The van der Waals surface area contributed by atoms with E-state index in [-0.39, 0.29) is 17.7 Å². The number of nitrogens with two attached hydrogens (primary N) is 1. The Morgan fingerprint density at radius 1 is 1.25 bits per heavy atom. The fourth-order valence-corrected chi connectivity index (χ4v) is 3.42. The average molecular weight is 334 g/mol. The first-order chi connectivity index (χ1) is 11.3. The van der Waals surface area contributed by atoms with Gasteiger partial charge in [-0.3, -0.25) is 14.3 Å². The van der Waals surface area contributed by atoms with E-state index in [2.05, 4.69) is 30.6 Å². The number of hydrogen-bond acceptors (Lipinski definition) is 3. The summed E-state index contributed by atoms with van der Waals surface area (Å²) in [6, 6.07) is 0. The molecule has 0 unspecified atom stereocenters. The summed E-state index contributed by atoms with van der Waals surface area (Å²) in [4.78, 5) is 25.5. The van der Waals surface area contributed by atoms with Crippen molar-refractivity contribution >= 4 is 11.8 Å². The number of piperidine rings is 1. The fourth-order valence-electron chi connectivity index (χ4n) is 3.42. The molecule has 1 fully saturated rings. The van der Waals surface area contributed by atoms with E-state index >= 15 is 0 Å². The molecule has 2 amide bonds. The van der Waals surface area contributed by atoms with E-state index in [0.29, 0.717) is 38.3 Å². The van der Waals surface area contributed by atoms with Crippen LogP contribution in [-0.2, 0) is 22.6 Å². The van der Waals surface area contributed by atoms with Crippen LogP contribution in [0.1, 0.15) is 50.1 Å². The van der Waals surface area contributed by atoms with Gasteiger partial charge in [0, 0.05) is 37.7 Å². The van der Waals surface area contributed by atoms with Gasteiger partial charge < -0.3 is 10.6 Å². The van der Waals surface area contributed by atoms with Crippen LogP contribution in [0.25, 0.3) is 0 Å². The zero-order valence-corrected chi connectivity index (χ0v) is 15.3. The number of nitrogens with zero attached hydrogens (tertiary/aromatic N) is 3. The molecule has 0 saturated carbocycles. The van der Waals surface area contributed by atoms with Crippen molar-refractivity contribution in [1.29, 1.82) is 0 Å². The minimum absolute atomic E-state index is 0.0761. The molecular weight excluding hydrogens is 304 g/mol. The molecule has 2 rings (SSSR count). The second-order valence-corrected chi connectivity index (χ2v) is 7.28. The Bertz CT molecular complexity index is 598. The monoisotopic (exact) mass is 334 g/mol. The van der Waals surface area contributed by atoms with Crippen molar-refractivity contribution in [3.63, 3.8) is 0 Å². The van der Waals surface area contributed by atoms with Crippen LogP contribution in [-0.4, -0.2) is 39.6 Å². The molecule has 0 bridgehead atoms. The summed E-state index contributed by atoms with van der Waals surface area (Å²) in [5.41, 5.74) is 8.72. The molecule has 24 heavy (non-hydrogen) atoms. The van der Waals surface area contributed by atoms with Crippen molar-refractivity contribution in [3.8, 4) is 0 Å². The SMILES string of the molecule is Cc1nn(CC(C)C)c(C)c1CCC(=O)N1CCC(C(N)=O)CC1. The van der Waals surface area contributed by atoms with Gasteiger partial charge in [-0.2, -0.15) is 5.10 Å². The van der Waals surface area contributed by atoms with Gasteiger partial charge in [-0.15, -0.1) is 0 Å². The smallest absolute Gasteiger partial charge is 0.222 e. The molecule has 1 aliphatic heterocycles. The molecule has 0 aromatic carbocycles. The highest BCUT2D eigenvalue weighted by atomic mass is 16.2. The van der Waals surface area contributed by atoms with Gasteiger partial charge >= 0.3 is 0 Å². The van der Waals surface area contributed by atoms with Crippen LogP contribution in [0.4, 0.5) is 0 Å². The van der Waals surface area contributed by atoms with Crippen molar-refractivity contribution < 1.29 is 9.59 Å². The van der Waals surface area contributed by atoms with Crippen molar-refractivity contribution in [1.82, 2.24) is 14.7 Å². The summed E-state index contributed by atoms with van der Waals surface area (Å²) in [6.07, 6.45) is 2.59. The van der Waals surface area contributed by atoms with Crippen LogP contribution in [0, 0.1) is 25.7 Å². The first kappa shape index (κ1) is 18.5. The van der Waals surface area contributed by atoms with Gasteiger partial charge in [-0.25, -0.2) is 0 Å². The van der Waals surface area contributed by atoms with Crippen molar-refractivity contribution in [2.45, 2.75) is 59.9 Å². The number of aryl methyl sites for hydroxylation is 1. The standard InChI is InChI=1S/C18H30N4O2/c1-12(2)11-22-14(4)16(13(3)20-22)5-6-17(23)21-9-7-15(8-10-21)18(19)24/h12,15H,5-11H2,1-4H3,(H2,19,24). The Morgan fingerprint density at radius 2 is 1.88 bits per heavy atom. The highest BCUT2D eigenvalue weighted by Crippen LogP contribution is 2.20. The van der Waals surface area contributed by atoms with Crippen LogP contribution in [0.15, 0.2) is 0 Å². The zero-order valence-electron chi connectivity index (χ0n) is 15.3. The molecule has 1 saturated heterocycles. The van der Waals surface area contributed by atoms with E-state index in [1.165, 1.54) is 11.3 Å². The third-order valence-corrected chi connectivity index (χ3v) is 4.91. The Morgan fingerprint density at radius 3 is 2.42 bits per heavy atom. The topological polar surface area (TPSA) is 81.2 Å². The van der Waals surface area contributed by atoms with E-state index in [4.69, 9.17) is 5.73 Å². The maximum absolute atomic E-state index is 12.4. The summed E-state index contributed by atoms with van der Waals surface area (Å²) in [7, 11) is 0. The largest absolute Gasteiger partial charge is 0.369 e. The maximum atomic E-state index is 12.4. The van der Waals surface area contributed by atoms with Gasteiger partial charge in [0.2, 0.25) is 11.8 Å². The number of carbonyl (C=O) groups excluding carboxylic acids is 2. The summed E-state index contributed by atoms with van der Waals surface area (Å²) >= 11 is 0. The predicted molar refractivity (Wildman–Crippen MR) is 93.4 cm³/mol. The molecule has 6 heteroatoms. The number of aromatic nitrogens is 2. The number of primary amides is 1. The number of likely N-dealkylation sites (tertiary alicyclic amines) is 1. The van der Waals surface area contributed by atoms with Gasteiger partial charge in [-0.05, 0) is 44.6 Å². The van der Waals surface area contributed by atoms with Crippen molar-refractivity contribution in [2.24, 2.45) is 17.6 Å². The van der Waals surface area contributed by atoms with E-state index in [1.54, 1.807) is 0 Å². The predicted octanol–water partition coefficient (Wildman–Crippen LogP) is 1.81. The lowest BCUT2D eigenvalue weighted by molar-refractivity contribution is -0.134. The molecule has 1 aromatic heterocycles. The van der Waals surface area contributed by atoms with Crippen LogP contribution >= 0.6 is 0 Å². The maximum Gasteiger partial charge on any atom is 0.222 e. The molecule has 134 valence electrons. The second kappa shape index (κ2) is 7.81. The van der Waals surface area contributed by atoms with Crippen LogP contribution in [0.2, 0.25) is 0 Å². The number of carbonyl (C=O) groups is 2. The lowest BCUT2D eigenvalue weighted by Crippen LogP contribution is -2.41. The van der Waals surface area contributed by atoms with E-state index in [1.807, 2.05) is 11.8 Å². The number of amides is 2. The Hall–Kier alpha value is -1.85. The summed E-state index contributed by atoms with van der Waals surface area (Å²) in [6.45, 7) is 10.6. The second-order valence-electron chi connectivity index (χ2n) is 7.28. The fraction of sp³-hybridized carbons (Fsp3) is 0.722. The van der Waals surface area contributed by atoms with E-state index in [0.717, 1.165) is 18.7 Å². The lowest BCUT2D eigenvalue weighted by atomic mass is 9.96. The van der Waals surface area contributed by atoms with Gasteiger partial charge in [0.25, 0.3) is 0 Å². The third kappa shape index (κ3) is 4.36. The van der Waals surface area contributed by atoms with Gasteiger partial charge in [0.1, 0.15) is 0 Å². The third-order valence-electron chi connectivity index (χ3n) is 4.91. The van der Waals surface area contributed by atoms with Crippen molar-refractivity contribution in [2.75, 3.05) is 13.1 Å². The average Bonchev–Trinajstić information content (AvgIpc) is 2.78. The van der Waals surface area contributed by atoms with Crippen molar-refractivity contribution in [3.05, 3.63) is 17.0 Å². The first-order valence-electron chi connectivity index (χ1n) is 8.89. The summed E-state index contributed by atoms with van der Waals surface area (Å²) in [5, 5.41) is 4.61. The Kier molecular flexibility index (Phi) is 6.02. The van der Waals surface area contributed by atoms with Gasteiger partial charge in [-0.1, -0.05) is 13.8 Å². The molecule has 0 aliphatic carbocycles. The van der Waals surface area contributed by atoms with Gasteiger partial charge in [0.15, 0.2) is 0 Å². The molecule has 2 heterocycles. The highest BCUT2D eigenvalue weighted by molar-refractivity contribution is 5.79. The molecule has 1 aliphatic rings. The van der Waals surface area contributed by atoms with Crippen LogP contribution in [0.5, 0.6) is 0 Å². The van der Waals surface area contributed by atoms with Crippen LogP contribution in [0.3, 0.4) is 0 Å².